The molecule has 6 nitrogen and oxygen atoms in total. The third kappa shape index (κ3) is 5.97. The maximum Gasteiger partial charge on any atom is 0.410 e. The van der Waals surface area contributed by atoms with Crippen molar-refractivity contribution in [2.75, 3.05) is 27.2 Å². The molecule has 164 valence electrons. The quantitative estimate of drug-likeness (QED) is 0.679. The standard InChI is InChI=1S/C23H40N4O2/c1-22(2,3)29-21(28)26(5)17-16-25(4)18-20-10-15-24-27(20)19-8-13-23(14-9-19)11-6-7-12-23/h10,15,19H,6-9,11-14,16-18H2,1-5H3. The van der Waals surface area contributed by atoms with E-state index in [0.29, 0.717) is 18.0 Å². The molecular formula is C23H40N4O2. The summed E-state index contributed by atoms with van der Waals surface area (Å²) in [5.74, 6) is 0. The zero-order chi connectivity index (χ0) is 21.1. The van der Waals surface area contributed by atoms with Crippen LogP contribution in [0.1, 0.15) is 83.9 Å². The van der Waals surface area contributed by atoms with Crippen LogP contribution < -0.4 is 0 Å². The Morgan fingerprint density at radius 1 is 1.17 bits per heavy atom. The lowest BCUT2D eigenvalue weighted by Gasteiger charge is -2.38. The molecule has 2 aliphatic carbocycles. The second-order valence-electron chi connectivity index (χ2n) is 10.3. The molecule has 1 aromatic rings. The summed E-state index contributed by atoms with van der Waals surface area (Å²) < 4.78 is 7.70. The molecule has 0 atom stereocenters. The summed E-state index contributed by atoms with van der Waals surface area (Å²) in [6.07, 6.45) is 12.7. The van der Waals surface area contributed by atoms with Gasteiger partial charge in [-0.05, 0) is 77.8 Å². The van der Waals surface area contributed by atoms with Gasteiger partial charge in [0.25, 0.3) is 0 Å². The minimum atomic E-state index is -0.458. The van der Waals surface area contributed by atoms with E-state index >= 15 is 0 Å². The fraction of sp³-hybridized carbons (Fsp3) is 0.826. The average Bonchev–Trinajstić information content (AvgIpc) is 3.29. The van der Waals surface area contributed by atoms with Gasteiger partial charge in [0.05, 0.1) is 11.7 Å². The summed E-state index contributed by atoms with van der Waals surface area (Å²) >= 11 is 0. The SMILES string of the molecule is CN(CCN(C)C(=O)OC(C)(C)C)Cc1ccnn1C1CCC2(CCCC2)CC1. The van der Waals surface area contributed by atoms with Crippen LogP contribution in [-0.4, -0.2) is 58.5 Å². The zero-order valence-corrected chi connectivity index (χ0v) is 19.1. The number of carbonyl (C=O) groups excluding carboxylic acids is 1. The summed E-state index contributed by atoms with van der Waals surface area (Å²) in [5.41, 5.74) is 1.48. The lowest BCUT2D eigenvalue weighted by molar-refractivity contribution is 0.0286. The van der Waals surface area contributed by atoms with Crippen molar-refractivity contribution in [2.45, 2.75) is 90.3 Å². The Hall–Kier alpha value is -1.56. The number of hydrogen-bond donors (Lipinski definition) is 0. The Bertz CT molecular complexity index is 663. The molecule has 2 saturated carbocycles. The molecule has 29 heavy (non-hydrogen) atoms. The molecule has 1 heterocycles. The van der Waals surface area contributed by atoms with Crippen molar-refractivity contribution < 1.29 is 9.53 Å². The maximum absolute atomic E-state index is 12.1. The number of nitrogens with zero attached hydrogens (tertiary/aromatic N) is 4. The molecule has 3 rings (SSSR count). The van der Waals surface area contributed by atoms with Crippen molar-refractivity contribution in [1.29, 1.82) is 0 Å². The van der Waals surface area contributed by atoms with Gasteiger partial charge in [-0.3, -0.25) is 9.58 Å². The number of carbonyl (C=O) groups is 1. The number of hydrogen-bond acceptors (Lipinski definition) is 4. The van der Waals surface area contributed by atoms with Crippen LogP contribution in [0.2, 0.25) is 0 Å². The Morgan fingerprint density at radius 2 is 1.83 bits per heavy atom. The van der Waals surface area contributed by atoms with Gasteiger partial charge in [0, 0.05) is 32.9 Å². The molecule has 0 radical (unpaired) electrons. The normalized spacial score (nSPS) is 19.8. The second-order valence-corrected chi connectivity index (χ2v) is 10.3. The summed E-state index contributed by atoms with van der Waals surface area (Å²) in [6, 6.07) is 2.69. The van der Waals surface area contributed by atoms with E-state index in [4.69, 9.17) is 4.74 Å². The van der Waals surface area contributed by atoms with Crippen LogP contribution in [0.5, 0.6) is 0 Å². The molecule has 2 fully saturated rings. The van der Waals surface area contributed by atoms with Gasteiger partial charge in [-0.2, -0.15) is 5.10 Å². The molecule has 0 bridgehead atoms. The van der Waals surface area contributed by atoms with E-state index in [1.54, 1.807) is 11.9 Å². The minimum Gasteiger partial charge on any atom is -0.444 e. The molecule has 0 aliphatic heterocycles. The molecule has 0 unspecified atom stereocenters. The van der Waals surface area contributed by atoms with Gasteiger partial charge in [-0.1, -0.05) is 12.8 Å². The van der Waals surface area contributed by atoms with E-state index in [1.165, 1.54) is 57.1 Å². The first kappa shape index (κ1) is 22.1. The van der Waals surface area contributed by atoms with Crippen LogP contribution in [-0.2, 0) is 11.3 Å². The van der Waals surface area contributed by atoms with E-state index in [1.807, 2.05) is 27.0 Å². The molecule has 6 heteroatoms. The van der Waals surface area contributed by atoms with Crippen LogP contribution in [0.4, 0.5) is 4.79 Å². The van der Waals surface area contributed by atoms with E-state index in [9.17, 15) is 4.79 Å². The summed E-state index contributed by atoms with van der Waals surface area (Å²) in [7, 11) is 3.90. The topological polar surface area (TPSA) is 50.6 Å². The molecule has 0 N–H and O–H groups in total. The van der Waals surface area contributed by atoms with Gasteiger partial charge in [0.2, 0.25) is 0 Å². The monoisotopic (exact) mass is 404 g/mol. The van der Waals surface area contributed by atoms with E-state index in [-0.39, 0.29) is 6.09 Å². The first-order chi connectivity index (χ1) is 13.7. The highest BCUT2D eigenvalue weighted by Gasteiger charge is 2.38. The third-order valence-electron chi connectivity index (χ3n) is 6.73. The summed E-state index contributed by atoms with van der Waals surface area (Å²) in [6.45, 7) is 7.98. The Morgan fingerprint density at radius 3 is 2.45 bits per heavy atom. The smallest absolute Gasteiger partial charge is 0.410 e. The van der Waals surface area contributed by atoms with Gasteiger partial charge < -0.3 is 9.64 Å². The highest BCUT2D eigenvalue weighted by molar-refractivity contribution is 5.67. The van der Waals surface area contributed by atoms with E-state index in [2.05, 4.69) is 27.8 Å². The largest absolute Gasteiger partial charge is 0.444 e. The molecule has 1 amide bonds. The predicted molar refractivity (Wildman–Crippen MR) is 116 cm³/mol. The first-order valence-corrected chi connectivity index (χ1v) is 11.3. The first-order valence-electron chi connectivity index (χ1n) is 11.3. The number of ether oxygens (including phenoxy) is 1. The summed E-state index contributed by atoms with van der Waals surface area (Å²) in [5, 5.41) is 4.68. The van der Waals surface area contributed by atoms with Crippen LogP contribution in [0.25, 0.3) is 0 Å². The maximum atomic E-state index is 12.1. The van der Waals surface area contributed by atoms with Gasteiger partial charge in [0.15, 0.2) is 0 Å². The van der Waals surface area contributed by atoms with Gasteiger partial charge in [-0.25, -0.2) is 4.79 Å². The number of likely N-dealkylation sites (N-methyl/N-ethyl adjacent to an activating group) is 2. The number of rotatable bonds is 6. The lowest BCUT2D eigenvalue weighted by atomic mass is 9.71. The Kier molecular flexibility index (Phi) is 6.92. The van der Waals surface area contributed by atoms with Crippen molar-refractivity contribution in [3.8, 4) is 0 Å². The van der Waals surface area contributed by atoms with Crippen LogP contribution in [0, 0.1) is 5.41 Å². The molecule has 2 aliphatic rings. The lowest BCUT2D eigenvalue weighted by Crippen LogP contribution is -2.38. The molecule has 0 saturated heterocycles. The molecule has 1 aromatic heterocycles. The Labute approximate surface area is 176 Å². The highest BCUT2D eigenvalue weighted by Crippen LogP contribution is 2.51. The molecule has 1 spiro atoms. The van der Waals surface area contributed by atoms with Gasteiger partial charge in [-0.15, -0.1) is 0 Å². The van der Waals surface area contributed by atoms with E-state index < -0.39 is 5.60 Å². The van der Waals surface area contributed by atoms with Crippen molar-refractivity contribution in [3.63, 3.8) is 0 Å². The average molecular weight is 405 g/mol. The predicted octanol–water partition coefficient (Wildman–Crippen LogP) is 4.86. The van der Waals surface area contributed by atoms with Crippen molar-refractivity contribution in [1.82, 2.24) is 19.6 Å². The fourth-order valence-corrected chi connectivity index (χ4v) is 4.99. The Balaban J connectivity index is 1.47. The fourth-order valence-electron chi connectivity index (χ4n) is 4.99. The van der Waals surface area contributed by atoms with Gasteiger partial charge in [0.1, 0.15) is 5.60 Å². The van der Waals surface area contributed by atoms with Crippen LogP contribution in [0.15, 0.2) is 12.3 Å². The van der Waals surface area contributed by atoms with Crippen LogP contribution >= 0.6 is 0 Å². The second kappa shape index (κ2) is 9.07. The summed E-state index contributed by atoms with van der Waals surface area (Å²) in [4.78, 5) is 16.0. The minimum absolute atomic E-state index is 0.265. The van der Waals surface area contributed by atoms with Crippen molar-refractivity contribution >= 4 is 6.09 Å². The molecule has 0 aromatic carbocycles. The van der Waals surface area contributed by atoms with Crippen molar-refractivity contribution in [3.05, 3.63) is 18.0 Å². The third-order valence-corrected chi connectivity index (χ3v) is 6.73. The van der Waals surface area contributed by atoms with Gasteiger partial charge >= 0.3 is 6.09 Å². The zero-order valence-electron chi connectivity index (χ0n) is 19.1. The van der Waals surface area contributed by atoms with Crippen molar-refractivity contribution in [2.24, 2.45) is 5.41 Å². The highest BCUT2D eigenvalue weighted by atomic mass is 16.6. The number of aromatic nitrogens is 2. The van der Waals surface area contributed by atoms with E-state index in [0.717, 1.165) is 13.1 Å². The van der Waals surface area contributed by atoms with Crippen LogP contribution in [0.3, 0.4) is 0 Å². The molecular weight excluding hydrogens is 364 g/mol. The number of amides is 1.